The average molecular weight is 324 g/mol. The van der Waals surface area contributed by atoms with E-state index in [1.807, 2.05) is 19.9 Å². The molecule has 1 atom stereocenters. The highest BCUT2D eigenvalue weighted by atomic mass is 32.2. The topological polar surface area (TPSA) is 49.4 Å². The van der Waals surface area contributed by atoms with Gasteiger partial charge in [-0.05, 0) is 31.2 Å². The van der Waals surface area contributed by atoms with Crippen molar-refractivity contribution in [2.75, 3.05) is 18.8 Å². The summed E-state index contributed by atoms with van der Waals surface area (Å²) >= 11 is 0. The summed E-state index contributed by atoms with van der Waals surface area (Å²) < 4.78 is 26.2. The molecule has 1 aromatic rings. The molecule has 1 N–H and O–H groups in total. The molecule has 2 rings (SSSR count). The smallest absolute Gasteiger partial charge is 0.214 e. The molecule has 0 aliphatic carbocycles. The molecule has 5 heteroatoms. The Labute approximate surface area is 135 Å². The molecule has 1 saturated heterocycles. The van der Waals surface area contributed by atoms with Gasteiger partial charge in [0.25, 0.3) is 0 Å². The SMILES string of the molecule is CC(C)CS(=O)(=O)N1CCC(NC(C)c2ccccc2)CC1. The molecule has 0 bridgehead atoms. The van der Waals surface area contributed by atoms with E-state index >= 15 is 0 Å². The first-order valence-corrected chi connectivity index (χ1v) is 9.78. The van der Waals surface area contributed by atoms with Crippen LogP contribution < -0.4 is 5.32 Å². The molecule has 0 radical (unpaired) electrons. The van der Waals surface area contributed by atoms with Gasteiger partial charge in [-0.3, -0.25) is 0 Å². The Morgan fingerprint density at radius 3 is 2.27 bits per heavy atom. The summed E-state index contributed by atoms with van der Waals surface area (Å²) in [6, 6.07) is 11.1. The lowest BCUT2D eigenvalue weighted by Crippen LogP contribution is -2.46. The first-order chi connectivity index (χ1) is 10.4. The van der Waals surface area contributed by atoms with Gasteiger partial charge in [-0.15, -0.1) is 0 Å². The minimum atomic E-state index is -3.08. The van der Waals surface area contributed by atoms with Crippen LogP contribution in [0.2, 0.25) is 0 Å². The maximum absolute atomic E-state index is 12.3. The van der Waals surface area contributed by atoms with E-state index in [0.717, 1.165) is 12.8 Å². The number of nitrogens with zero attached hydrogens (tertiary/aromatic N) is 1. The number of rotatable bonds is 6. The van der Waals surface area contributed by atoms with Crippen LogP contribution in [0.3, 0.4) is 0 Å². The van der Waals surface area contributed by atoms with E-state index in [1.54, 1.807) is 4.31 Å². The van der Waals surface area contributed by atoms with Crippen molar-refractivity contribution in [3.8, 4) is 0 Å². The van der Waals surface area contributed by atoms with E-state index in [-0.39, 0.29) is 11.7 Å². The summed E-state index contributed by atoms with van der Waals surface area (Å²) in [6.07, 6.45) is 1.77. The number of nitrogens with one attached hydrogen (secondary N) is 1. The van der Waals surface area contributed by atoms with Crippen molar-refractivity contribution in [3.63, 3.8) is 0 Å². The zero-order valence-electron chi connectivity index (χ0n) is 13.8. The molecule has 22 heavy (non-hydrogen) atoms. The molecule has 0 amide bonds. The van der Waals surface area contributed by atoms with Gasteiger partial charge in [0.15, 0.2) is 0 Å². The third kappa shape index (κ3) is 4.80. The molecule has 1 aliphatic rings. The monoisotopic (exact) mass is 324 g/mol. The molecule has 1 aromatic carbocycles. The predicted molar refractivity (Wildman–Crippen MR) is 91.2 cm³/mol. The predicted octanol–water partition coefficient (Wildman–Crippen LogP) is 2.79. The summed E-state index contributed by atoms with van der Waals surface area (Å²) in [5.74, 6) is 0.435. The van der Waals surface area contributed by atoms with Crippen LogP contribution in [-0.4, -0.2) is 37.6 Å². The van der Waals surface area contributed by atoms with Crippen molar-refractivity contribution in [2.24, 2.45) is 5.92 Å². The van der Waals surface area contributed by atoms with Crippen molar-refractivity contribution in [1.82, 2.24) is 9.62 Å². The molecular formula is C17H28N2O2S. The number of piperidine rings is 1. The van der Waals surface area contributed by atoms with E-state index in [1.165, 1.54) is 5.56 Å². The highest BCUT2D eigenvalue weighted by Gasteiger charge is 2.28. The van der Waals surface area contributed by atoms with Crippen LogP contribution in [0.15, 0.2) is 30.3 Å². The van der Waals surface area contributed by atoms with Crippen molar-refractivity contribution in [1.29, 1.82) is 0 Å². The van der Waals surface area contributed by atoms with Gasteiger partial charge < -0.3 is 5.32 Å². The summed E-state index contributed by atoms with van der Waals surface area (Å²) in [5, 5.41) is 3.63. The fourth-order valence-electron chi connectivity index (χ4n) is 3.02. The third-order valence-electron chi connectivity index (χ3n) is 4.18. The van der Waals surface area contributed by atoms with Gasteiger partial charge in [0.2, 0.25) is 10.0 Å². The summed E-state index contributed by atoms with van der Waals surface area (Å²) in [6.45, 7) is 7.33. The number of sulfonamides is 1. The van der Waals surface area contributed by atoms with Gasteiger partial charge >= 0.3 is 0 Å². The lowest BCUT2D eigenvalue weighted by atomic mass is 10.0. The van der Waals surface area contributed by atoms with Crippen LogP contribution in [0, 0.1) is 5.92 Å². The molecule has 0 aromatic heterocycles. The van der Waals surface area contributed by atoms with E-state index in [9.17, 15) is 8.42 Å². The van der Waals surface area contributed by atoms with Crippen LogP contribution in [0.25, 0.3) is 0 Å². The van der Waals surface area contributed by atoms with E-state index in [4.69, 9.17) is 0 Å². The van der Waals surface area contributed by atoms with Crippen LogP contribution in [0.5, 0.6) is 0 Å². The Balaban J connectivity index is 1.85. The van der Waals surface area contributed by atoms with Crippen molar-refractivity contribution in [3.05, 3.63) is 35.9 Å². The fraction of sp³-hybridized carbons (Fsp3) is 0.647. The van der Waals surface area contributed by atoms with Gasteiger partial charge in [0.1, 0.15) is 0 Å². The minimum Gasteiger partial charge on any atom is -0.307 e. The Hall–Kier alpha value is -0.910. The molecule has 124 valence electrons. The average Bonchev–Trinajstić information content (AvgIpc) is 2.47. The maximum atomic E-state index is 12.3. The second kappa shape index (κ2) is 7.57. The van der Waals surface area contributed by atoms with Gasteiger partial charge in [-0.2, -0.15) is 0 Å². The minimum absolute atomic E-state index is 0.180. The van der Waals surface area contributed by atoms with E-state index in [2.05, 4.69) is 36.5 Å². The van der Waals surface area contributed by atoms with Gasteiger partial charge in [0.05, 0.1) is 5.75 Å². The van der Waals surface area contributed by atoms with Gasteiger partial charge in [0, 0.05) is 25.2 Å². The molecule has 1 heterocycles. The zero-order valence-corrected chi connectivity index (χ0v) is 14.6. The Morgan fingerprint density at radius 1 is 1.14 bits per heavy atom. The first kappa shape index (κ1) is 17.4. The molecule has 4 nitrogen and oxygen atoms in total. The quantitative estimate of drug-likeness (QED) is 0.875. The summed E-state index contributed by atoms with van der Waals surface area (Å²) in [7, 11) is -3.08. The number of hydrogen-bond acceptors (Lipinski definition) is 3. The molecule has 1 fully saturated rings. The Kier molecular flexibility index (Phi) is 6.01. The summed E-state index contributed by atoms with van der Waals surface area (Å²) in [5.41, 5.74) is 1.28. The zero-order chi connectivity index (χ0) is 16.2. The second-order valence-electron chi connectivity index (χ2n) is 6.64. The second-order valence-corrected chi connectivity index (χ2v) is 8.66. The highest BCUT2D eigenvalue weighted by Crippen LogP contribution is 2.19. The van der Waals surface area contributed by atoms with Crippen LogP contribution in [0.4, 0.5) is 0 Å². The van der Waals surface area contributed by atoms with Crippen LogP contribution in [-0.2, 0) is 10.0 Å². The van der Waals surface area contributed by atoms with Crippen molar-refractivity contribution in [2.45, 2.75) is 45.7 Å². The van der Waals surface area contributed by atoms with Crippen LogP contribution >= 0.6 is 0 Å². The molecule has 0 saturated carbocycles. The lowest BCUT2D eigenvalue weighted by molar-refractivity contribution is 0.276. The molecule has 1 unspecified atom stereocenters. The molecular weight excluding hydrogens is 296 g/mol. The highest BCUT2D eigenvalue weighted by molar-refractivity contribution is 7.89. The van der Waals surface area contributed by atoms with Crippen LogP contribution in [0.1, 0.15) is 45.2 Å². The van der Waals surface area contributed by atoms with E-state index < -0.39 is 10.0 Å². The first-order valence-electron chi connectivity index (χ1n) is 8.17. The molecule has 0 spiro atoms. The fourth-order valence-corrected chi connectivity index (χ4v) is 4.84. The largest absolute Gasteiger partial charge is 0.307 e. The van der Waals surface area contributed by atoms with Gasteiger partial charge in [-0.1, -0.05) is 44.2 Å². The Morgan fingerprint density at radius 2 is 1.73 bits per heavy atom. The van der Waals surface area contributed by atoms with Gasteiger partial charge in [-0.25, -0.2) is 12.7 Å². The Bertz CT molecular complexity index is 549. The van der Waals surface area contributed by atoms with E-state index in [0.29, 0.717) is 25.2 Å². The number of benzene rings is 1. The molecule has 1 aliphatic heterocycles. The van der Waals surface area contributed by atoms with Crippen molar-refractivity contribution >= 4 is 10.0 Å². The standard InChI is InChI=1S/C17H28N2O2S/c1-14(2)13-22(20,21)19-11-9-17(10-12-19)18-15(3)16-7-5-4-6-8-16/h4-8,14-15,17-18H,9-13H2,1-3H3. The number of hydrogen-bond donors (Lipinski definition) is 1. The third-order valence-corrected chi connectivity index (χ3v) is 6.42. The maximum Gasteiger partial charge on any atom is 0.214 e. The van der Waals surface area contributed by atoms with Crippen molar-refractivity contribution < 1.29 is 8.42 Å². The lowest BCUT2D eigenvalue weighted by Gasteiger charge is -2.33. The normalized spacial score (nSPS) is 19.5. The summed E-state index contributed by atoms with van der Waals surface area (Å²) in [4.78, 5) is 0.